The number of rotatable bonds is 17. The summed E-state index contributed by atoms with van der Waals surface area (Å²) < 4.78 is 13.2. The van der Waals surface area contributed by atoms with Gasteiger partial charge in [-0.05, 0) is 38.4 Å². The zero-order chi connectivity index (χ0) is 43.6. The molecule has 2 aliphatic heterocycles. The first-order valence-electron chi connectivity index (χ1n) is 19.9. The van der Waals surface area contributed by atoms with Crippen molar-refractivity contribution in [1.29, 1.82) is 0 Å². The Bertz CT molecular complexity index is 1980. The monoisotopic (exact) mass is 841 g/mol. The summed E-state index contributed by atoms with van der Waals surface area (Å²) >= 11 is 6.18. The second-order valence-corrected chi connectivity index (χ2v) is 13.7. The van der Waals surface area contributed by atoms with Crippen molar-refractivity contribution in [1.82, 2.24) is 24.3 Å². The number of ether oxygens (including phenoxy) is 2. The standard InChI is InChI=1S/C36H48ClN11O7.2C2H6/c1-22-16-25(27(54-4)17-24(22)37)41-19-29(51)47-14-12-46(13-15-47)28(50)6-5-10-45(3)11-9-40-31-32(34(53)33(31)52)42-18-23-7-8-30(55-23)48-21-43-26(20-49)35(48)44-36(38)39-2;2*1-2/h5-6,16-17,20-21,23,30,40-42H,7-15,18-19H2,1-4H3,(H3,38,39,44);2*1-2H3/b6-5+;;. The third-order valence-electron chi connectivity index (χ3n) is 9.56. The summed E-state index contributed by atoms with van der Waals surface area (Å²) in [5, 5.41) is 12.7. The number of amides is 2. The number of nitrogens with one attached hydrogen (secondary N) is 4. The third-order valence-corrected chi connectivity index (χ3v) is 9.97. The molecule has 324 valence electrons. The van der Waals surface area contributed by atoms with Crippen molar-refractivity contribution in [3.8, 4) is 5.75 Å². The number of nitrogens with zero attached hydrogens (tertiary/aromatic N) is 6. The number of piperazine rings is 1. The minimum atomic E-state index is -0.589. The number of likely N-dealkylation sites (N-methyl/N-ethyl adjacent to an activating group) is 1. The van der Waals surface area contributed by atoms with Gasteiger partial charge in [-0.3, -0.25) is 33.5 Å². The lowest BCUT2D eigenvalue weighted by atomic mass is 10.1. The van der Waals surface area contributed by atoms with E-state index in [2.05, 4.69) is 31.2 Å². The largest absolute Gasteiger partial charge is 0.495 e. The highest BCUT2D eigenvalue weighted by atomic mass is 35.5. The number of benzene rings is 1. The molecule has 2 fully saturated rings. The first kappa shape index (κ1) is 47.9. The molecule has 2 atom stereocenters. The van der Waals surface area contributed by atoms with E-state index < -0.39 is 17.1 Å². The minimum Gasteiger partial charge on any atom is -0.495 e. The molecule has 19 heteroatoms. The van der Waals surface area contributed by atoms with Crippen LogP contribution in [0.2, 0.25) is 5.02 Å². The SMILES string of the molecule is CC.CC.CN=C(N)Nc1c(C=O)ncn1C1CCC(CNc2c(NCCN(C)C/C=C/C(=O)N3CCN(C(=O)CNc4cc(C)c(Cl)cc4OC)CC3)c(=O)c2=O)O1. The van der Waals surface area contributed by atoms with Crippen LogP contribution in [0.3, 0.4) is 0 Å². The summed E-state index contributed by atoms with van der Waals surface area (Å²) in [7, 11) is 4.94. The summed E-state index contributed by atoms with van der Waals surface area (Å²) in [4.78, 5) is 75.3. The van der Waals surface area contributed by atoms with Crippen molar-refractivity contribution in [2.24, 2.45) is 10.7 Å². The summed E-state index contributed by atoms with van der Waals surface area (Å²) in [5.41, 5.74) is 6.81. The maximum absolute atomic E-state index is 12.8. The fraction of sp³-hybridized carbons (Fsp3) is 0.525. The molecule has 6 N–H and O–H groups in total. The van der Waals surface area contributed by atoms with Gasteiger partial charge in [0, 0.05) is 76.6 Å². The van der Waals surface area contributed by atoms with Gasteiger partial charge in [-0.1, -0.05) is 45.4 Å². The van der Waals surface area contributed by atoms with Gasteiger partial charge in [0.2, 0.25) is 11.8 Å². The Morgan fingerprint density at radius 3 is 2.36 bits per heavy atom. The predicted molar refractivity (Wildman–Crippen MR) is 234 cm³/mol. The Kier molecular flexibility index (Phi) is 19.3. The van der Waals surface area contributed by atoms with Gasteiger partial charge in [0.05, 0.1) is 31.8 Å². The molecule has 59 heavy (non-hydrogen) atoms. The molecular formula is C40H60ClN11O7. The molecule has 0 radical (unpaired) electrons. The van der Waals surface area contributed by atoms with Gasteiger partial charge in [0.1, 0.15) is 34.9 Å². The van der Waals surface area contributed by atoms with Gasteiger partial charge in [0.25, 0.3) is 10.9 Å². The number of carbonyl (C=O) groups excluding carboxylic acids is 3. The van der Waals surface area contributed by atoms with E-state index in [1.54, 1.807) is 33.6 Å². The Balaban J connectivity index is 0.00000225. The van der Waals surface area contributed by atoms with Crippen LogP contribution in [0.15, 0.2) is 45.2 Å². The van der Waals surface area contributed by atoms with Gasteiger partial charge in [-0.15, -0.1) is 0 Å². The number of aryl methyl sites for hydroxylation is 1. The van der Waals surface area contributed by atoms with Crippen LogP contribution in [0.25, 0.3) is 0 Å². The van der Waals surface area contributed by atoms with Crippen LogP contribution in [0, 0.1) is 6.92 Å². The Hall–Kier alpha value is -5.46. The molecule has 18 nitrogen and oxygen atoms in total. The van der Waals surface area contributed by atoms with E-state index in [1.807, 2.05) is 52.6 Å². The summed E-state index contributed by atoms with van der Waals surface area (Å²) in [5.74, 6) is 0.848. The van der Waals surface area contributed by atoms with Gasteiger partial charge < -0.3 is 51.2 Å². The second-order valence-electron chi connectivity index (χ2n) is 13.3. The van der Waals surface area contributed by atoms with Gasteiger partial charge in [0.15, 0.2) is 12.2 Å². The fourth-order valence-corrected chi connectivity index (χ4v) is 6.46. The quantitative estimate of drug-likeness (QED) is 0.0434. The summed E-state index contributed by atoms with van der Waals surface area (Å²) in [6, 6.07) is 3.55. The number of hydrogen-bond donors (Lipinski definition) is 5. The van der Waals surface area contributed by atoms with E-state index in [4.69, 9.17) is 26.8 Å². The van der Waals surface area contributed by atoms with E-state index in [1.165, 1.54) is 19.5 Å². The normalized spacial score (nSPS) is 16.6. The van der Waals surface area contributed by atoms with Crippen LogP contribution in [-0.2, 0) is 14.3 Å². The van der Waals surface area contributed by atoms with Crippen molar-refractivity contribution >= 4 is 58.5 Å². The molecule has 0 aliphatic carbocycles. The molecule has 0 saturated carbocycles. The zero-order valence-electron chi connectivity index (χ0n) is 35.4. The summed E-state index contributed by atoms with van der Waals surface area (Å²) in [6.07, 6.45) is 6.03. The Labute approximate surface area is 350 Å². The zero-order valence-corrected chi connectivity index (χ0v) is 36.1. The highest BCUT2D eigenvalue weighted by molar-refractivity contribution is 6.31. The molecule has 2 saturated heterocycles. The van der Waals surface area contributed by atoms with Crippen LogP contribution in [-0.4, -0.2) is 135 Å². The molecule has 2 amide bonds. The number of carbonyl (C=O) groups is 3. The van der Waals surface area contributed by atoms with Crippen LogP contribution < -0.4 is 42.6 Å². The van der Waals surface area contributed by atoms with Crippen LogP contribution >= 0.6 is 11.6 Å². The maximum atomic E-state index is 12.8. The predicted octanol–water partition coefficient (Wildman–Crippen LogP) is 3.14. The number of anilines is 4. The lowest BCUT2D eigenvalue weighted by Gasteiger charge is -2.34. The first-order valence-corrected chi connectivity index (χ1v) is 20.3. The number of imidazole rings is 1. The number of nitrogens with two attached hydrogens (primary N) is 1. The van der Waals surface area contributed by atoms with Gasteiger partial charge >= 0.3 is 0 Å². The lowest BCUT2D eigenvalue weighted by molar-refractivity contribution is -0.135. The number of halogens is 1. The highest BCUT2D eigenvalue weighted by Crippen LogP contribution is 2.33. The van der Waals surface area contributed by atoms with E-state index in [9.17, 15) is 24.0 Å². The van der Waals surface area contributed by atoms with E-state index in [0.29, 0.717) is 93.8 Å². The van der Waals surface area contributed by atoms with Crippen molar-refractivity contribution in [3.63, 3.8) is 0 Å². The number of aromatic nitrogens is 2. The molecule has 1 aromatic heterocycles. The molecular weight excluding hydrogens is 782 g/mol. The van der Waals surface area contributed by atoms with Crippen molar-refractivity contribution in [2.45, 2.75) is 59.8 Å². The smallest absolute Gasteiger partial charge is 0.253 e. The molecule has 5 rings (SSSR count). The Morgan fingerprint density at radius 2 is 1.71 bits per heavy atom. The lowest BCUT2D eigenvalue weighted by Crippen LogP contribution is -2.51. The molecule has 3 heterocycles. The third kappa shape index (κ3) is 12.8. The average Bonchev–Trinajstić information content (AvgIpc) is 3.90. The fourth-order valence-electron chi connectivity index (χ4n) is 6.30. The molecule has 3 aromatic rings. The number of methoxy groups -OCH3 is 1. The number of guanidine groups is 1. The second kappa shape index (κ2) is 23.8. The molecule has 2 unspecified atom stereocenters. The number of aliphatic imine (C=N–C) groups is 1. The molecule has 0 spiro atoms. The van der Waals surface area contributed by atoms with Gasteiger partial charge in [-0.25, -0.2) is 4.98 Å². The maximum Gasteiger partial charge on any atom is 0.253 e. The van der Waals surface area contributed by atoms with Gasteiger partial charge in [-0.2, -0.15) is 0 Å². The first-order chi connectivity index (χ1) is 28.4. The number of hydrogen-bond acceptors (Lipinski definition) is 13. The van der Waals surface area contributed by atoms with E-state index in [-0.39, 0.29) is 47.5 Å². The van der Waals surface area contributed by atoms with Crippen molar-refractivity contribution in [2.75, 3.05) is 101 Å². The highest BCUT2D eigenvalue weighted by Gasteiger charge is 2.30. The van der Waals surface area contributed by atoms with Crippen molar-refractivity contribution < 1.29 is 23.9 Å². The Morgan fingerprint density at radius 1 is 1.05 bits per heavy atom. The molecule has 2 aliphatic rings. The van der Waals surface area contributed by atoms with Crippen LogP contribution in [0.4, 0.5) is 22.9 Å². The van der Waals surface area contributed by atoms with Crippen LogP contribution in [0.1, 0.15) is 62.8 Å². The number of aldehydes is 1. The topological polar surface area (TPSA) is 218 Å². The van der Waals surface area contributed by atoms with Crippen LogP contribution in [0.5, 0.6) is 5.75 Å². The summed E-state index contributed by atoms with van der Waals surface area (Å²) in [6.45, 7) is 13.4. The average molecular weight is 842 g/mol. The van der Waals surface area contributed by atoms with E-state index >= 15 is 0 Å². The minimum absolute atomic E-state index is 0.0743. The van der Waals surface area contributed by atoms with Crippen molar-refractivity contribution in [3.05, 3.63) is 67.3 Å². The molecule has 2 aromatic carbocycles. The molecule has 0 bridgehead atoms. The van der Waals surface area contributed by atoms with E-state index in [0.717, 1.165) is 5.56 Å².